The number of nitrogens with one attached hydrogen (secondary N) is 1. The van der Waals surface area contributed by atoms with Crippen molar-refractivity contribution in [1.29, 1.82) is 0 Å². The Morgan fingerprint density at radius 2 is 2.00 bits per heavy atom. The van der Waals surface area contributed by atoms with Crippen LogP contribution in [-0.2, 0) is 12.0 Å². The van der Waals surface area contributed by atoms with Gasteiger partial charge in [0.15, 0.2) is 5.96 Å². The lowest BCUT2D eigenvalue weighted by molar-refractivity contribution is 0.208. The molecule has 5 heteroatoms. The Morgan fingerprint density at radius 3 is 2.50 bits per heavy atom. The highest BCUT2D eigenvalue weighted by Gasteiger charge is 2.24. The quantitative estimate of drug-likeness (QED) is 0.669. The molecule has 1 saturated heterocycles. The normalized spacial score (nSPS) is 23.7. The number of piperidine rings is 1. The zero-order chi connectivity index (χ0) is 16.3. The SMILES string of the molecule is CN=C(NCc1nc(C(C)(C)C)cs1)N1CC(C)CC(C)C1. The molecule has 0 spiro atoms. The molecule has 1 aromatic rings. The van der Waals surface area contributed by atoms with E-state index in [1.165, 1.54) is 12.1 Å². The number of nitrogens with zero attached hydrogens (tertiary/aromatic N) is 3. The number of guanidine groups is 1. The summed E-state index contributed by atoms with van der Waals surface area (Å²) in [6.45, 7) is 14.2. The lowest BCUT2D eigenvalue weighted by Crippen LogP contribution is -2.48. The molecular weight excluding hydrogens is 292 g/mol. The van der Waals surface area contributed by atoms with Crippen molar-refractivity contribution in [2.24, 2.45) is 16.8 Å². The fourth-order valence-corrected chi connectivity index (χ4v) is 4.02. The van der Waals surface area contributed by atoms with Crippen molar-refractivity contribution >= 4 is 17.3 Å². The van der Waals surface area contributed by atoms with E-state index in [9.17, 15) is 0 Å². The third-order valence-corrected chi connectivity index (χ3v) is 4.95. The van der Waals surface area contributed by atoms with Gasteiger partial charge in [0, 0.05) is 30.9 Å². The maximum atomic E-state index is 4.75. The van der Waals surface area contributed by atoms with E-state index in [0.717, 1.165) is 42.4 Å². The van der Waals surface area contributed by atoms with Gasteiger partial charge in [-0.05, 0) is 18.3 Å². The van der Waals surface area contributed by atoms with Gasteiger partial charge in [-0.15, -0.1) is 11.3 Å². The first-order valence-electron chi connectivity index (χ1n) is 8.20. The van der Waals surface area contributed by atoms with Gasteiger partial charge in [0.05, 0.1) is 12.2 Å². The van der Waals surface area contributed by atoms with Crippen molar-refractivity contribution in [3.8, 4) is 0 Å². The predicted molar refractivity (Wildman–Crippen MR) is 95.5 cm³/mol. The Kier molecular flexibility index (Phi) is 5.48. The summed E-state index contributed by atoms with van der Waals surface area (Å²) in [6.07, 6.45) is 1.31. The highest BCUT2D eigenvalue weighted by molar-refractivity contribution is 7.09. The number of hydrogen-bond acceptors (Lipinski definition) is 3. The first kappa shape index (κ1) is 17.3. The Balaban J connectivity index is 1.95. The lowest BCUT2D eigenvalue weighted by atomic mass is 9.92. The van der Waals surface area contributed by atoms with Crippen LogP contribution < -0.4 is 5.32 Å². The zero-order valence-electron chi connectivity index (χ0n) is 14.8. The molecule has 1 aliphatic heterocycles. The summed E-state index contributed by atoms with van der Waals surface area (Å²) in [4.78, 5) is 11.6. The van der Waals surface area contributed by atoms with Crippen LogP contribution in [-0.4, -0.2) is 36.0 Å². The van der Waals surface area contributed by atoms with Crippen molar-refractivity contribution in [3.05, 3.63) is 16.1 Å². The maximum Gasteiger partial charge on any atom is 0.194 e. The maximum absolute atomic E-state index is 4.75. The molecule has 0 saturated carbocycles. The molecule has 2 heterocycles. The second-order valence-corrected chi connectivity index (χ2v) is 8.57. The highest BCUT2D eigenvalue weighted by atomic mass is 32.1. The summed E-state index contributed by atoms with van der Waals surface area (Å²) < 4.78 is 0. The Hall–Kier alpha value is -1.10. The molecular formula is C17H30N4S. The molecule has 0 aliphatic carbocycles. The van der Waals surface area contributed by atoms with E-state index >= 15 is 0 Å². The van der Waals surface area contributed by atoms with Gasteiger partial charge >= 0.3 is 0 Å². The number of aliphatic imine (C=N–C) groups is 1. The summed E-state index contributed by atoms with van der Waals surface area (Å²) >= 11 is 1.73. The summed E-state index contributed by atoms with van der Waals surface area (Å²) in [5.41, 5.74) is 1.29. The molecule has 4 nitrogen and oxygen atoms in total. The highest BCUT2D eigenvalue weighted by Crippen LogP contribution is 2.24. The molecule has 2 unspecified atom stereocenters. The lowest BCUT2D eigenvalue weighted by Gasteiger charge is -2.37. The van der Waals surface area contributed by atoms with Gasteiger partial charge in [-0.1, -0.05) is 34.6 Å². The summed E-state index contributed by atoms with van der Waals surface area (Å²) in [6, 6.07) is 0. The Morgan fingerprint density at radius 1 is 1.36 bits per heavy atom. The van der Waals surface area contributed by atoms with Crippen LogP contribution in [0.1, 0.15) is 51.7 Å². The monoisotopic (exact) mass is 322 g/mol. The van der Waals surface area contributed by atoms with Gasteiger partial charge in [0.1, 0.15) is 5.01 Å². The van der Waals surface area contributed by atoms with Gasteiger partial charge in [-0.3, -0.25) is 4.99 Å². The largest absolute Gasteiger partial charge is 0.350 e. The Labute approximate surface area is 139 Å². The Bertz CT molecular complexity index is 505. The van der Waals surface area contributed by atoms with Gasteiger partial charge < -0.3 is 10.2 Å². The van der Waals surface area contributed by atoms with E-state index in [1.54, 1.807) is 11.3 Å². The number of thiazole rings is 1. The van der Waals surface area contributed by atoms with Crippen LogP contribution in [0.25, 0.3) is 0 Å². The summed E-state index contributed by atoms with van der Waals surface area (Å²) in [5, 5.41) is 6.79. The van der Waals surface area contributed by atoms with Crippen molar-refractivity contribution in [3.63, 3.8) is 0 Å². The van der Waals surface area contributed by atoms with Gasteiger partial charge in [0.25, 0.3) is 0 Å². The van der Waals surface area contributed by atoms with Crippen LogP contribution in [0.4, 0.5) is 0 Å². The number of hydrogen-bond donors (Lipinski definition) is 1. The first-order chi connectivity index (χ1) is 10.3. The van der Waals surface area contributed by atoms with Crippen LogP contribution in [0.5, 0.6) is 0 Å². The van der Waals surface area contributed by atoms with Crippen molar-refractivity contribution < 1.29 is 0 Å². The second-order valence-electron chi connectivity index (χ2n) is 7.63. The molecule has 0 bridgehead atoms. The topological polar surface area (TPSA) is 40.5 Å². The van der Waals surface area contributed by atoms with Crippen LogP contribution in [0.15, 0.2) is 10.4 Å². The molecule has 1 aromatic heterocycles. The minimum absolute atomic E-state index is 0.119. The van der Waals surface area contributed by atoms with E-state index in [0.29, 0.717) is 0 Å². The molecule has 0 amide bonds. The van der Waals surface area contributed by atoms with E-state index in [2.05, 4.69) is 55.2 Å². The van der Waals surface area contributed by atoms with E-state index in [-0.39, 0.29) is 5.41 Å². The number of rotatable bonds is 2. The average Bonchev–Trinajstić information content (AvgIpc) is 2.87. The van der Waals surface area contributed by atoms with Crippen molar-refractivity contribution in [2.45, 2.75) is 53.0 Å². The number of likely N-dealkylation sites (tertiary alicyclic amines) is 1. The molecule has 22 heavy (non-hydrogen) atoms. The van der Waals surface area contributed by atoms with Crippen LogP contribution in [0, 0.1) is 11.8 Å². The molecule has 2 atom stereocenters. The minimum atomic E-state index is 0.119. The first-order valence-corrected chi connectivity index (χ1v) is 9.08. The van der Waals surface area contributed by atoms with E-state index < -0.39 is 0 Å². The average molecular weight is 323 g/mol. The van der Waals surface area contributed by atoms with Gasteiger partial charge in [-0.25, -0.2) is 4.98 Å². The van der Waals surface area contributed by atoms with E-state index in [4.69, 9.17) is 4.98 Å². The fraction of sp³-hybridized carbons (Fsp3) is 0.765. The zero-order valence-corrected chi connectivity index (χ0v) is 15.6. The van der Waals surface area contributed by atoms with Crippen molar-refractivity contribution in [2.75, 3.05) is 20.1 Å². The molecule has 0 radical (unpaired) electrons. The third kappa shape index (κ3) is 4.45. The van der Waals surface area contributed by atoms with Gasteiger partial charge in [0.2, 0.25) is 0 Å². The molecule has 1 fully saturated rings. The molecule has 124 valence electrons. The minimum Gasteiger partial charge on any atom is -0.350 e. The van der Waals surface area contributed by atoms with Crippen LogP contribution >= 0.6 is 11.3 Å². The second kappa shape index (κ2) is 6.99. The third-order valence-electron chi connectivity index (χ3n) is 4.10. The van der Waals surface area contributed by atoms with Crippen LogP contribution in [0.3, 0.4) is 0 Å². The van der Waals surface area contributed by atoms with E-state index in [1.807, 2.05) is 7.05 Å². The number of aromatic nitrogens is 1. The molecule has 1 N–H and O–H groups in total. The molecule has 1 aliphatic rings. The summed E-state index contributed by atoms with van der Waals surface area (Å²) in [7, 11) is 1.87. The predicted octanol–water partition coefficient (Wildman–Crippen LogP) is 3.49. The van der Waals surface area contributed by atoms with Gasteiger partial charge in [-0.2, -0.15) is 0 Å². The molecule has 0 aromatic carbocycles. The standard InChI is InChI=1S/C17H30N4S/c1-12-7-13(2)10-21(9-12)16(18-6)19-8-15-20-14(11-22-15)17(3,4)5/h11-13H,7-10H2,1-6H3,(H,18,19). The fourth-order valence-electron chi connectivity index (χ4n) is 3.06. The van der Waals surface area contributed by atoms with Crippen LogP contribution in [0.2, 0.25) is 0 Å². The summed E-state index contributed by atoms with van der Waals surface area (Å²) in [5.74, 6) is 2.47. The smallest absolute Gasteiger partial charge is 0.194 e. The molecule has 2 rings (SSSR count). The van der Waals surface area contributed by atoms with Crippen molar-refractivity contribution in [1.82, 2.24) is 15.2 Å².